The third kappa shape index (κ3) is 4.06. The molecule has 0 aliphatic carbocycles. The first kappa shape index (κ1) is 18.6. The van der Waals surface area contributed by atoms with Crippen LogP contribution in [-0.2, 0) is 14.8 Å². The van der Waals surface area contributed by atoms with Gasteiger partial charge in [-0.1, -0.05) is 19.4 Å². The number of sulfonamides is 1. The Balaban J connectivity index is 3.13. The van der Waals surface area contributed by atoms with Crippen LogP contribution in [0.5, 0.6) is 0 Å². The first-order valence-electron chi connectivity index (χ1n) is 7.16. The monoisotopic (exact) mass is 327 g/mol. The Labute approximate surface area is 132 Å². The smallest absolute Gasteiger partial charge is 0.244 e. The number of carbonyl (C=O) groups excluding carboxylic acids is 1. The summed E-state index contributed by atoms with van der Waals surface area (Å²) in [5, 5.41) is 2.70. The number of nitrogens with one attached hydrogen (secondary N) is 1. The van der Waals surface area contributed by atoms with Gasteiger partial charge in [-0.05, 0) is 38.0 Å². The Bertz CT molecular complexity index is 652. The summed E-state index contributed by atoms with van der Waals surface area (Å²) >= 11 is 0. The molecule has 1 amide bonds. The Morgan fingerprint density at radius 3 is 2.45 bits per heavy atom. The van der Waals surface area contributed by atoms with Gasteiger partial charge in [0.1, 0.15) is 0 Å². The van der Waals surface area contributed by atoms with E-state index in [0.29, 0.717) is 17.7 Å². The van der Waals surface area contributed by atoms with Gasteiger partial charge >= 0.3 is 0 Å². The van der Waals surface area contributed by atoms with Crippen LogP contribution in [0.4, 0.5) is 5.69 Å². The lowest BCUT2D eigenvalue weighted by Crippen LogP contribution is -2.48. The van der Waals surface area contributed by atoms with Gasteiger partial charge in [-0.25, -0.2) is 12.7 Å². The molecule has 0 bridgehead atoms. The summed E-state index contributed by atoms with van der Waals surface area (Å²) in [6, 6.07) is 4.80. The molecular weight excluding hydrogens is 302 g/mol. The lowest BCUT2D eigenvalue weighted by Gasteiger charge is -2.23. The molecule has 3 N–H and O–H groups in total. The first-order valence-corrected chi connectivity index (χ1v) is 8.60. The quantitative estimate of drug-likeness (QED) is 0.832. The largest absolute Gasteiger partial charge is 0.324 e. The second-order valence-electron chi connectivity index (χ2n) is 5.89. The second kappa shape index (κ2) is 6.76. The van der Waals surface area contributed by atoms with Crippen molar-refractivity contribution in [3.8, 4) is 0 Å². The molecule has 1 aromatic rings. The van der Waals surface area contributed by atoms with Crippen molar-refractivity contribution in [2.75, 3.05) is 19.4 Å². The molecule has 7 heteroatoms. The fraction of sp³-hybridized carbons (Fsp3) is 0.533. The molecule has 1 rings (SSSR count). The zero-order chi connectivity index (χ0) is 17.1. The van der Waals surface area contributed by atoms with E-state index in [1.54, 1.807) is 26.0 Å². The maximum atomic E-state index is 12.3. The standard InChI is InChI=1S/C15H25N3O3S/c1-6-9-15(3,16)14(19)17-12-8-7-11(2)13(10-12)22(20,21)18(4)5/h7-8,10H,6,9,16H2,1-5H3,(H,17,19). The fourth-order valence-electron chi connectivity index (χ4n) is 2.06. The molecule has 0 heterocycles. The maximum absolute atomic E-state index is 12.3. The third-order valence-corrected chi connectivity index (χ3v) is 5.45. The highest BCUT2D eigenvalue weighted by Gasteiger charge is 2.28. The number of aryl methyl sites for hydroxylation is 1. The number of rotatable bonds is 6. The van der Waals surface area contributed by atoms with Crippen molar-refractivity contribution in [1.82, 2.24) is 4.31 Å². The molecule has 0 radical (unpaired) electrons. The van der Waals surface area contributed by atoms with Gasteiger partial charge in [0, 0.05) is 19.8 Å². The van der Waals surface area contributed by atoms with Crippen LogP contribution >= 0.6 is 0 Å². The van der Waals surface area contributed by atoms with Gasteiger partial charge in [-0.15, -0.1) is 0 Å². The minimum Gasteiger partial charge on any atom is -0.324 e. The Hall–Kier alpha value is -1.44. The van der Waals surface area contributed by atoms with Crippen molar-refractivity contribution < 1.29 is 13.2 Å². The molecule has 22 heavy (non-hydrogen) atoms. The SMILES string of the molecule is CCCC(C)(N)C(=O)Nc1ccc(C)c(S(=O)(=O)N(C)C)c1. The zero-order valence-electron chi connectivity index (χ0n) is 13.8. The van der Waals surface area contributed by atoms with Crippen molar-refractivity contribution in [3.63, 3.8) is 0 Å². The number of anilines is 1. The van der Waals surface area contributed by atoms with Crippen molar-refractivity contribution in [2.24, 2.45) is 5.73 Å². The lowest BCUT2D eigenvalue weighted by molar-refractivity contribution is -0.120. The summed E-state index contributed by atoms with van der Waals surface area (Å²) in [5.74, 6) is -0.327. The van der Waals surface area contributed by atoms with Crippen LogP contribution in [0.2, 0.25) is 0 Å². The normalized spacial score (nSPS) is 14.7. The molecule has 0 fully saturated rings. The zero-order valence-corrected chi connectivity index (χ0v) is 14.6. The lowest BCUT2D eigenvalue weighted by atomic mass is 9.96. The van der Waals surface area contributed by atoms with Crippen molar-refractivity contribution in [3.05, 3.63) is 23.8 Å². The van der Waals surface area contributed by atoms with E-state index in [-0.39, 0.29) is 10.8 Å². The first-order chi connectivity index (χ1) is 10.0. The summed E-state index contributed by atoms with van der Waals surface area (Å²) in [4.78, 5) is 12.4. The average molecular weight is 327 g/mol. The van der Waals surface area contributed by atoms with Crippen LogP contribution in [0, 0.1) is 6.92 Å². The number of carbonyl (C=O) groups is 1. The van der Waals surface area contributed by atoms with Crippen LogP contribution in [-0.4, -0.2) is 38.3 Å². The summed E-state index contributed by atoms with van der Waals surface area (Å²) in [6.45, 7) is 5.33. The molecule has 0 aliphatic rings. The van der Waals surface area contributed by atoms with Crippen molar-refractivity contribution in [1.29, 1.82) is 0 Å². The average Bonchev–Trinajstić information content (AvgIpc) is 2.40. The minimum absolute atomic E-state index is 0.171. The predicted molar refractivity (Wildman–Crippen MR) is 88.2 cm³/mol. The minimum atomic E-state index is -3.56. The van der Waals surface area contributed by atoms with E-state index >= 15 is 0 Å². The van der Waals surface area contributed by atoms with Crippen molar-refractivity contribution >= 4 is 21.6 Å². The molecule has 0 spiro atoms. The highest BCUT2D eigenvalue weighted by atomic mass is 32.2. The van der Waals surface area contributed by atoms with Crippen LogP contribution < -0.4 is 11.1 Å². The highest BCUT2D eigenvalue weighted by Crippen LogP contribution is 2.23. The molecule has 0 saturated heterocycles. The molecule has 1 unspecified atom stereocenters. The van der Waals surface area contributed by atoms with Crippen LogP contribution in [0.1, 0.15) is 32.3 Å². The van der Waals surface area contributed by atoms with Gasteiger partial charge in [0.2, 0.25) is 15.9 Å². The summed E-state index contributed by atoms with van der Waals surface area (Å²) in [7, 11) is -0.620. The van der Waals surface area contributed by atoms with Crippen LogP contribution in [0.3, 0.4) is 0 Å². The van der Waals surface area contributed by atoms with E-state index in [1.165, 1.54) is 20.2 Å². The van der Waals surface area contributed by atoms with E-state index in [2.05, 4.69) is 5.32 Å². The Kier molecular flexibility index (Phi) is 5.72. The maximum Gasteiger partial charge on any atom is 0.244 e. The van der Waals surface area contributed by atoms with Crippen LogP contribution in [0.15, 0.2) is 23.1 Å². The second-order valence-corrected chi connectivity index (χ2v) is 8.01. The summed E-state index contributed by atoms with van der Waals surface area (Å²) in [5.41, 5.74) is 6.04. The van der Waals surface area contributed by atoms with Crippen molar-refractivity contribution in [2.45, 2.75) is 44.0 Å². The number of hydrogen-bond donors (Lipinski definition) is 2. The number of nitrogens with two attached hydrogens (primary N) is 1. The summed E-state index contributed by atoms with van der Waals surface area (Å²) < 4.78 is 25.7. The van der Waals surface area contributed by atoms with Gasteiger partial charge in [0.05, 0.1) is 10.4 Å². The molecule has 6 nitrogen and oxygen atoms in total. The molecular formula is C15H25N3O3S. The fourth-order valence-corrected chi connectivity index (χ4v) is 3.20. The molecule has 124 valence electrons. The van der Waals surface area contributed by atoms with Gasteiger partial charge in [0.25, 0.3) is 0 Å². The third-order valence-electron chi connectivity index (χ3n) is 3.49. The molecule has 1 aromatic carbocycles. The topological polar surface area (TPSA) is 92.5 Å². The van der Waals surface area contributed by atoms with Gasteiger partial charge < -0.3 is 11.1 Å². The van der Waals surface area contributed by atoms with E-state index in [0.717, 1.165) is 10.7 Å². The number of nitrogens with zero attached hydrogens (tertiary/aromatic N) is 1. The van der Waals surface area contributed by atoms with Gasteiger partial charge in [-0.2, -0.15) is 0 Å². The highest BCUT2D eigenvalue weighted by molar-refractivity contribution is 7.89. The number of hydrogen-bond acceptors (Lipinski definition) is 4. The number of benzene rings is 1. The summed E-state index contributed by atoms with van der Waals surface area (Å²) in [6.07, 6.45) is 1.34. The van der Waals surface area contributed by atoms with E-state index in [4.69, 9.17) is 5.73 Å². The molecule has 1 atom stereocenters. The van der Waals surface area contributed by atoms with Crippen LogP contribution in [0.25, 0.3) is 0 Å². The number of amides is 1. The predicted octanol–water partition coefficient (Wildman–Crippen LogP) is 1.70. The van der Waals surface area contributed by atoms with E-state index in [9.17, 15) is 13.2 Å². The van der Waals surface area contributed by atoms with Gasteiger partial charge in [0.15, 0.2) is 0 Å². The molecule has 0 aromatic heterocycles. The van der Waals surface area contributed by atoms with Gasteiger partial charge in [-0.3, -0.25) is 4.79 Å². The molecule has 0 saturated carbocycles. The molecule has 0 aliphatic heterocycles. The Morgan fingerprint density at radius 2 is 1.95 bits per heavy atom. The van der Waals surface area contributed by atoms with E-state index in [1.807, 2.05) is 6.92 Å². The van der Waals surface area contributed by atoms with E-state index < -0.39 is 15.6 Å². The Morgan fingerprint density at radius 1 is 1.36 bits per heavy atom.